The van der Waals surface area contributed by atoms with Crippen LogP contribution in [0, 0.1) is 0 Å². The summed E-state index contributed by atoms with van der Waals surface area (Å²) in [6.07, 6.45) is 3.86. The van der Waals surface area contributed by atoms with Crippen LogP contribution in [-0.2, 0) is 19.3 Å². The van der Waals surface area contributed by atoms with E-state index in [2.05, 4.69) is 50.1 Å². The average molecular weight is 396 g/mol. The van der Waals surface area contributed by atoms with Crippen LogP contribution in [0.4, 0.5) is 0 Å². The number of fused-ring (bicyclic) bond motifs is 1. The molecule has 0 aromatic heterocycles. The molecule has 0 saturated heterocycles. The molecule has 1 nitrogen and oxygen atoms in total. The largest absolute Gasteiger partial charge is 0.388 e. The van der Waals surface area contributed by atoms with Gasteiger partial charge in [-0.15, -0.1) is 0 Å². The Hall–Kier alpha value is -0.640. The monoisotopic (exact) mass is 394 g/mol. The van der Waals surface area contributed by atoms with E-state index in [0.29, 0.717) is 6.42 Å². The predicted molar refractivity (Wildman–Crippen MR) is 89.0 cm³/mol. The van der Waals surface area contributed by atoms with Crippen molar-refractivity contribution in [3.63, 3.8) is 0 Å². The zero-order valence-corrected chi connectivity index (χ0v) is 14.2. The summed E-state index contributed by atoms with van der Waals surface area (Å²) in [4.78, 5) is 0. The minimum atomic E-state index is -0.459. The highest BCUT2D eigenvalue weighted by Crippen LogP contribution is 2.29. The number of halogens is 2. The molecule has 0 fully saturated rings. The van der Waals surface area contributed by atoms with Crippen molar-refractivity contribution in [3.8, 4) is 0 Å². The summed E-state index contributed by atoms with van der Waals surface area (Å²) in [7, 11) is 0. The van der Waals surface area contributed by atoms with Crippen molar-refractivity contribution in [2.45, 2.75) is 31.8 Å². The second-order valence-electron chi connectivity index (χ2n) is 5.35. The molecule has 0 amide bonds. The van der Waals surface area contributed by atoms with E-state index < -0.39 is 6.10 Å². The molecule has 1 atom stereocenters. The normalized spacial score (nSPS) is 15.2. The molecule has 0 saturated carbocycles. The number of hydrogen-bond donors (Lipinski definition) is 1. The first-order chi connectivity index (χ1) is 9.63. The quantitative estimate of drug-likeness (QED) is 0.777. The Kier molecular flexibility index (Phi) is 4.29. The molecule has 104 valence electrons. The lowest BCUT2D eigenvalue weighted by Crippen LogP contribution is -2.02. The zero-order chi connectivity index (χ0) is 14.1. The van der Waals surface area contributed by atoms with Crippen LogP contribution in [0.15, 0.2) is 45.3 Å². The SMILES string of the molecule is OC(Cc1ccc2c(c1)CCC2)c1ccc(Br)c(Br)c1. The second-order valence-corrected chi connectivity index (χ2v) is 7.06. The Bertz CT molecular complexity index is 637. The summed E-state index contributed by atoms with van der Waals surface area (Å²) in [6, 6.07) is 12.5. The molecule has 0 radical (unpaired) electrons. The van der Waals surface area contributed by atoms with Gasteiger partial charge < -0.3 is 5.11 Å². The van der Waals surface area contributed by atoms with Crippen LogP contribution in [0.3, 0.4) is 0 Å². The van der Waals surface area contributed by atoms with Crippen molar-refractivity contribution in [2.24, 2.45) is 0 Å². The third-order valence-corrected chi connectivity index (χ3v) is 5.80. The van der Waals surface area contributed by atoms with Crippen molar-refractivity contribution in [3.05, 3.63) is 67.6 Å². The van der Waals surface area contributed by atoms with Gasteiger partial charge in [0.15, 0.2) is 0 Å². The first-order valence-electron chi connectivity index (χ1n) is 6.87. The summed E-state index contributed by atoms with van der Waals surface area (Å²) in [5, 5.41) is 10.4. The molecular weight excluding hydrogens is 380 g/mol. The van der Waals surface area contributed by atoms with Gasteiger partial charge >= 0.3 is 0 Å². The Balaban J connectivity index is 1.78. The molecule has 0 bridgehead atoms. The van der Waals surface area contributed by atoms with Gasteiger partial charge in [0.05, 0.1) is 6.10 Å². The van der Waals surface area contributed by atoms with Crippen LogP contribution in [-0.4, -0.2) is 5.11 Å². The molecule has 20 heavy (non-hydrogen) atoms. The number of rotatable bonds is 3. The van der Waals surface area contributed by atoms with E-state index >= 15 is 0 Å². The maximum Gasteiger partial charge on any atom is 0.0830 e. The third-order valence-electron chi connectivity index (χ3n) is 3.92. The van der Waals surface area contributed by atoms with E-state index in [1.165, 1.54) is 36.0 Å². The van der Waals surface area contributed by atoms with Crippen LogP contribution in [0.5, 0.6) is 0 Å². The lowest BCUT2D eigenvalue weighted by Gasteiger charge is -2.13. The van der Waals surface area contributed by atoms with Gasteiger partial charge in [-0.2, -0.15) is 0 Å². The third kappa shape index (κ3) is 3.00. The number of benzene rings is 2. The van der Waals surface area contributed by atoms with E-state index in [1.54, 1.807) is 0 Å². The fourth-order valence-electron chi connectivity index (χ4n) is 2.81. The minimum Gasteiger partial charge on any atom is -0.388 e. The fraction of sp³-hybridized carbons (Fsp3) is 0.294. The van der Waals surface area contributed by atoms with Gasteiger partial charge in [0.25, 0.3) is 0 Å². The van der Waals surface area contributed by atoms with Gasteiger partial charge in [-0.05, 0) is 85.5 Å². The van der Waals surface area contributed by atoms with E-state index in [9.17, 15) is 5.11 Å². The van der Waals surface area contributed by atoms with E-state index in [0.717, 1.165) is 14.5 Å². The molecular formula is C17H16Br2O. The Morgan fingerprint density at radius 2 is 1.75 bits per heavy atom. The first-order valence-corrected chi connectivity index (χ1v) is 8.46. The Morgan fingerprint density at radius 1 is 0.950 bits per heavy atom. The van der Waals surface area contributed by atoms with Gasteiger partial charge in [0.2, 0.25) is 0 Å². The van der Waals surface area contributed by atoms with Crippen LogP contribution < -0.4 is 0 Å². The molecule has 3 heteroatoms. The van der Waals surface area contributed by atoms with Gasteiger partial charge in [0, 0.05) is 15.4 Å². The number of aliphatic hydroxyl groups is 1. The van der Waals surface area contributed by atoms with Crippen molar-refractivity contribution in [1.82, 2.24) is 0 Å². The van der Waals surface area contributed by atoms with Crippen molar-refractivity contribution in [2.75, 3.05) is 0 Å². The van der Waals surface area contributed by atoms with Crippen LogP contribution >= 0.6 is 31.9 Å². The molecule has 0 aliphatic heterocycles. The smallest absolute Gasteiger partial charge is 0.0830 e. The van der Waals surface area contributed by atoms with E-state index in [1.807, 2.05) is 18.2 Å². The van der Waals surface area contributed by atoms with E-state index in [4.69, 9.17) is 0 Å². The average Bonchev–Trinajstić information content (AvgIpc) is 2.89. The number of aryl methyl sites for hydroxylation is 2. The number of hydrogen-bond acceptors (Lipinski definition) is 1. The molecule has 1 unspecified atom stereocenters. The van der Waals surface area contributed by atoms with Crippen molar-refractivity contribution in [1.29, 1.82) is 0 Å². The molecule has 1 N–H and O–H groups in total. The standard InChI is InChI=1S/C17H16Br2O/c18-15-7-6-14(10-16(15)19)17(20)9-11-4-5-12-2-1-3-13(12)8-11/h4-8,10,17,20H,1-3,9H2. The molecule has 2 aromatic carbocycles. The molecule has 1 aliphatic rings. The summed E-state index contributed by atoms with van der Waals surface area (Å²) >= 11 is 6.93. The zero-order valence-electron chi connectivity index (χ0n) is 11.1. The molecule has 0 spiro atoms. The topological polar surface area (TPSA) is 20.2 Å². The summed E-state index contributed by atoms with van der Waals surface area (Å²) in [5.74, 6) is 0. The summed E-state index contributed by atoms with van der Waals surface area (Å²) in [5.41, 5.74) is 5.11. The van der Waals surface area contributed by atoms with Crippen LogP contribution in [0.2, 0.25) is 0 Å². The number of aliphatic hydroxyl groups excluding tert-OH is 1. The summed E-state index contributed by atoms with van der Waals surface area (Å²) in [6.45, 7) is 0. The highest BCUT2D eigenvalue weighted by molar-refractivity contribution is 9.13. The fourth-order valence-corrected chi connectivity index (χ4v) is 3.46. The van der Waals surface area contributed by atoms with E-state index in [-0.39, 0.29) is 0 Å². The molecule has 3 rings (SSSR count). The lowest BCUT2D eigenvalue weighted by atomic mass is 9.98. The maximum atomic E-state index is 10.4. The van der Waals surface area contributed by atoms with Crippen molar-refractivity contribution < 1.29 is 5.11 Å². The highest BCUT2D eigenvalue weighted by Gasteiger charge is 2.14. The highest BCUT2D eigenvalue weighted by atomic mass is 79.9. The lowest BCUT2D eigenvalue weighted by molar-refractivity contribution is 0.178. The van der Waals surface area contributed by atoms with Gasteiger partial charge in [0.1, 0.15) is 0 Å². The molecule has 0 heterocycles. The minimum absolute atomic E-state index is 0.459. The maximum absolute atomic E-state index is 10.4. The summed E-state index contributed by atoms with van der Waals surface area (Å²) < 4.78 is 1.98. The predicted octanol–water partition coefficient (Wildman–Crippen LogP) is 4.98. The first kappa shape index (κ1) is 14.3. The van der Waals surface area contributed by atoms with Gasteiger partial charge in [-0.3, -0.25) is 0 Å². The second kappa shape index (κ2) is 6.00. The van der Waals surface area contributed by atoms with Gasteiger partial charge in [-0.1, -0.05) is 24.3 Å². The molecule has 2 aromatic rings. The van der Waals surface area contributed by atoms with Crippen LogP contribution in [0.25, 0.3) is 0 Å². The van der Waals surface area contributed by atoms with Crippen LogP contribution in [0.1, 0.15) is 34.8 Å². The Labute approximate surface area is 136 Å². The van der Waals surface area contributed by atoms with Gasteiger partial charge in [-0.25, -0.2) is 0 Å². The van der Waals surface area contributed by atoms with Crippen molar-refractivity contribution >= 4 is 31.9 Å². The Morgan fingerprint density at radius 3 is 2.55 bits per heavy atom. The molecule has 1 aliphatic carbocycles.